The average molecular weight is 332 g/mol. The molecule has 0 saturated carbocycles. The normalized spacial score (nSPS) is 11.9. The first kappa shape index (κ1) is 17.8. The molecule has 1 N–H and O–H groups in total. The molecule has 2 rings (SSSR count). The summed E-state index contributed by atoms with van der Waals surface area (Å²) in [5, 5.41) is 6.77. The highest BCUT2D eigenvalue weighted by Crippen LogP contribution is 2.30. The number of benzene rings is 1. The van der Waals surface area contributed by atoms with Crippen molar-refractivity contribution >= 4 is 5.91 Å². The van der Waals surface area contributed by atoms with Gasteiger partial charge in [0.15, 0.2) is 11.5 Å². The molecule has 0 aliphatic rings. The van der Waals surface area contributed by atoms with Gasteiger partial charge in [-0.25, -0.2) is 0 Å². The molecule has 2 aromatic rings. The molecular formula is C18H24N2O4. The number of ether oxygens (including phenoxy) is 2. The van der Waals surface area contributed by atoms with E-state index in [1.807, 2.05) is 32.0 Å². The van der Waals surface area contributed by atoms with Gasteiger partial charge in [-0.15, -0.1) is 0 Å². The Kier molecular flexibility index (Phi) is 5.84. The van der Waals surface area contributed by atoms with Crippen LogP contribution in [0.15, 0.2) is 22.7 Å². The van der Waals surface area contributed by atoms with Crippen LogP contribution in [0.2, 0.25) is 0 Å². The first-order valence-corrected chi connectivity index (χ1v) is 8.02. The standard InChI is InChI=1S/C18H24N2O4/c1-6-9-23-15-8-7-14(10-16(15)22-5)11(2)19-18(21)17-12(3)20-24-13(17)4/h7-8,10-11H,6,9H2,1-5H3,(H,19,21)/t11-/m1/s1. The summed E-state index contributed by atoms with van der Waals surface area (Å²) in [4.78, 5) is 12.4. The van der Waals surface area contributed by atoms with E-state index in [1.165, 1.54) is 0 Å². The zero-order valence-electron chi connectivity index (χ0n) is 14.8. The SMILES string of the molecule is CCCOc1ccc([C@@H](C)NC(=O)c2c(C)noc2C)cc1OC. The van der Waals surface area contributed by atoms with E-state index in [1.54, 1.807) is 21.0 Å². The minimum Gasteiger partial charge on any atom is -0.493 e. The molecule has 6 nitrogen and oxygen atoms in total. The maximum absolute atomic E-state index is 12.4. The summed E-state index contributed by atoms with van der Waals surface area (Å²) in [6.07, 6.45) is 0.925. The fraction of sp³-hybridized carbons (Fsp3) is 0.444. The van der Waals surface area contributed by atoms with Crippen LogP contribution in [0.4, 0.5) is 0 Å². The summed E-state index contributed by atoms with van der Waals surface area (Å²) >= 11 is 0. The van der Waals surface area contributed by atoms with Gasteiger partial charge in [-0.05, 0) is 44.9 Å². The summed E-state index contributed by atoms with van der Waals surface area (Å²) in [7, 11) is 1.60. The zero-order chi connectivity index (χ0) is 17.7. The molecule has 0 saturated heterocycles. The van der Waals surface area contributed by atoms with Crippen LogP contribution in [0, 0.1) is 13.8 Å². The molecular weight excluding hydrogens is 308 g/mol. The second-order valence-corrected chi connectivity index (χ2v) is 5.65. The number of carbonyl (C=O) groups is 1. The van der Waals surface area contributed by atoms with Gasteiger partial charge >= 0.3 is 0 Å². The van der Waals surface area contributed by atoms with Crippen LogP contribution in [-0.2, 0) is 0 Å². The van der Waals surface area contributed by atoms with Gasteiger partial charge < -0.3 is 19.3 Å². The van der Waals surface area contributed by atoms with Crippen molar-refractivity contribution in [2.45, 2.75) is 40.2 Å². The highest BCUT2D eigenvalue weighted by Gasteiger charge is 2.20. The molecule has 0 spiro atoms. The summed E-state index contributed by atoms with van der Waals surface area (Å²) in [5.74, 6) is 1.66. The number of nitrogens with one attached hydrogen (secondary N) is 1. The number of methoxy groups -OCH3 is 1. The fourth-order valence-electron chi connectivity index (χ4n) is 2.44. The monoisotopic (exact) mass is 332 g/mol. The Morgan fingerprint density at radius 1 is 1.33 bits per heavy atom. The van der Waals surface area contributed by atoms with Crippen molar-refractivity contribution in [2.24, 2.45) is 0 Å². The second-order valence-electron chi connectivity index (χ2n) is 5.65. The van der Waals surface area contributed by atoms with Gasteiger partial charge in [0.1, 0.15) is 11.3 Å². The lowest BCUT2D eigenvalue weighted by atomic mass is 10.1. The number of hydrogen-bond acceptors (Lipinski definition) is 5. The van der Waals surface area contributed by atoms with Crippen molar-refractivity contribution in [3.05, 3.63) is 40.8 Å². The Morgan fingerprint density at radius 2 is 2.08 bits per heavy atom. The first-order chi connectivity index (χ1) is 11.5. The van der Waals surface area contributed by atoms with Crippen LogP contribution < -0.4 is 14.8 Å². The van der Waals surface area contributed by atoms with Crippen LogP contribution >= 0.6 is 0 Å². The third kappa shape index (κ3) is 3.88. The molecule has 0 radical (unpaired) electrons. The first-order valence-electron chi connectivity index (χ1n) is 8.02. The van der Waals surface area contributed by atoms with E-state index >= 15 is 0 Å². The fourth-order valence-corrected chi connectivity index (χ4v) is 2.44. The summed E-state index contributed by atoms with van der Waals surface area (Å²) in [6, 6.07) is 5.47. The third-order valence-corrected chi connectivity index (χ3v) is 3.76. The largest absolute Gasteiger partial charge is 0.493 e. The van der Waals surface area contributed by atoms with Crippen LogP contribution in [0.25, 0.3) is 0 Å². The van der Waals surface area contributed by atoms with Gasteiger partial charge in [0, 0.05) is 0 Å². The number of aryl methyl sites for hydroxylation is 2. The number of amides is 1. The van der Waals surface area contributed by atoms with E-state index in [9.17, 15) is 4.79 Å². The Bertz CT molecular complexity index is 690. The van der Waals surface area contributed by atoms with Gasteiger partial charge in [0.05, 0.1) is 25.5 Å². The topological polar surface area (TPSA) is 73.6 Å². The molecule has 1 amide bonds. The van der Waals surface area contributed by atoms with Gasteiger partial charge in [0.25, 0.3) is 5.91 Å². The molecule has 6 heteroatoms. The van der Waals surface area contributed by atoms with Crippen molar-refractivity contribution in [3.63, 3.8) is 0 Å². The van der Waals surface area contributed by atoms with Crippen LogP contribution in [0.3, 0.4) is 0 Å². The Balaban J connectivity index is 2.14. The van der Waals surface area contributed by atoms with Crippen molar-refractivity contribution in [3.8, 4) is 11.5 Å². The predicted molar refractivity (Wildman–Crippen MR) is 90.6 cm³/mol. The number of hydrogen-bond donors (Lipinski definition) is 1. The summed E-state index contributed by atoms with van der Waals surface area (Å²) in [5.41, 5.74) is 1.99. The van der Waals surface area contributed by atoms with Crippen LogP contribution in [-0.4, -0.2) is 24.8 Å². The van der Waals surface area contributed by atoms with Crippen molar-refractivity contribution in [1.82, 2.24) is 10.5 Å². The van der Waals surface area contributed by atoms with Crippen molar-refractivity contribution < 1.29 is 18.8 Å². The van der Waals surface area contributed by atoms with E-state index in [0.717, 1.165) is 12.0 Å². The van der Waals surface area contributed by atoms with Gasteiger partial charge in [0.2, 0.25) is 0 Å². The molecule has 0 aliphatic heterocycles. The molecule has 0 aliphatic carbocycles. The number of rotatable bonds is 7. The lowest BCUT2D eigenvalue weighted by Crippen LogP contribution is -2.27. The van der Waals surface area contributed by atoms with Crippen molar-refractivity contribution in [2.75, 3.05) is 13.7 Å². The molecule has 1 aromatic carbocycles. The summed E-state index contributed by atoms with van der Waals surface area (Å²) < 4.78 is 16.1. The highest BCUT2D eigenvalue weighted by molar-refractivity contribution is 5.96. The Morgan fingerprint density at radius 3 is 2.67 bits per heavy atom. The lowest BCUT2D eigenvalue weighted by molar-refractivity contribution is 0.0937. The lowest BCUT2D eigenvalue weighted by Gasteiger charge is -2.17. The highest BCUT2D eigenvalue weighted by atomic mass is 16.5. The zero-order valence-corrected chi connectivity index (χ0v) is 14.8. The van der Waals surface area contributed by atoms with Gasteiger partial charge in [-0.3, -0.25) is 4.79 Å². The van der Waals surface area contributed by atoms with Gasteiger partial charge in [-0.1, -0.05) is 18.1 Å². The smallest absolute Gasteiger partial charge is 0.257 e. The van der Waals surface area contributed by atoms with E-state index in [0.29, 0.717) is 35.1 Å². The minimum atomic E-state index is -0.205. The second kappa shape index (κ2) is 7.86. The molecule has 0 bridgehead atoms. The van der Waals surface area contributed by atoms with E-state index in [4.69, 9.17) is 14.0 Å². The van der Waals surface area contributed by atoms with E-state index in [2.05, 4.69) is 10.5 Å². The van der Waals surface area contributed by atoms with Crippen LogP contribution in [0.5, 0.6) is 11.5 Å². The van der Waals surface area contributed by atoms with E-state index < -0.39 is 0 Å². The van der Waals surface area contributed by atoms with Gasteiger partial charge in [-0.2, -0.15) is 0 Å². The predicted octanol–water partition coefficient (Wildman–Crippen LogP) is 3.58. The Labute approximate surface area is 142 Å². The molecule has 24 heavy (non-hydrogen) atoms. The quantitative estimate of drug-likeness (QED) is 0.839. The number of carbonyl (C=O) groups excluding carboxylic acids is 1. The van der Waals surface area contributed by atoms with Crippen molar-refractivity contribution in [1.29, 1.82) is 0 Å². The molecule has 130 valence electrons. The van der Waals surface area contributed by atoms with E-state index in [-0.39, 0.29) is 11.9 Å². The number of aromatic nitrogens is 1. The Hall–Kier alpha value is -2.50. The molecule has 0 unspecified atom stereocenters. The third-order valence-electron chi connectivity index (χ3n) is 3.76. The summed E-state index contributed by atoms with van der Waals surface area (Å²) in [6.45, 7) is 8.07. The molecule has 1 aromatic heterocycles. The molecule has 1 atom stereocenters. The molecule has 0 fully saturated rings. The molecule has 1 heterocycles. The average Bonchev–Trinajstić information content (AvgIpc) is 2.91. The minimum absolute atomic E-state index is 0.194. The van der Waals surface area contributed by atoms with Crippen LogP contribution in [0.1, 0.15) is 53.7 Å². The maximum Gasteiger partial charge on any atom is 0.257 e. The number of nitrogens with zero attached hydrogens (tertiary/aromatic N) is 1. The maximum atomic E-state index is 12.4.